The highest BCUT2D eigenvalue weighted by Crippen LogP contribution is 2.24. The first kappa shape index (κ1) is 22.7. The summed E-state index contributed by atoms with van der Waals surface area (Å²) in [6.45, 7) is 7.22. The molecule has 0 saturated carbocycles. The summed E-state index contributed by atoms with van der Waals surface area (Å²) in [6.07, 6.45) is 1.02. The topological polar surface area (TPSA) is 64.6 Å². The molecule has 1 unspecified atom stereocenters. The standard InChI is InChI=1S/C21H26INO4S/c1-13(12-27-16-10-14(2)20(22)15(3)11-16)9-17-5-6-18(28-17)21(25)23-8-7-19(24)26-4/h5-6,10-11,13H,7-9,12H2,1-4H3,(H,23,25). The molecule has 152 valence electrons. The molecule has 2 aromatic rings. The van der Waals surface area contributed by atoms with Crippen LogP contribution in [0.1, 0.15) is 39.0 Å². The lowest BCUT2D eigenvalue weighted by molar-refractivity contribution is -0.140. The summed E-state index contributed by atoms with van der Waals surface area (Å²) in [6, 6.07) is 7.95. The van der Waals surface area contributed by atoms with Gasteiger partial charge in [0.05, 0.1) is 25.0 Å². The molecule has 0 aliphatic heterocycles. The summed E-state index contributed by atoms with van der Waals surface area (Å²) in [4.78, 5) is 25.0. The number of carbonyl (C=O) groups excluding carboxylic acids is 2. The minimum atomic E-state index is -0.334. The Morgan fingerprint density at radius 3 is 2.54 bits per heavy atom. The highest BCUT2D eigenvalue weighted by Gasteiger charge is 2.13. The molecule has 28 heavy (non-hydrogen) atoms. The minimum Gasteiger partial charge on any atom is -0.493 e. The Kier molecular flexibility index (Phi) is 8.75. The normalized spacial score (nSPS) is 11.8. The highest BCUT2D eigenvalue weighted by molar-refractivity contribution is 14.1. The third kappa shape index (κ3) is 6.77. The van der Waals surface area contributed by atoms with Gasteiger partial charge in [0.15, 0.2) is 0 Å². The molecule has 1 aromatic heterocycles. The van der Waals surface area contributed by atoms with Crippen molar-refractivity contribution in [2.24, 2.45) is 5.92 Å². The average molecular weight is 515 g/mol. The lowest BCUT2D eigenvalue weighted by Crippen LogP contribution is -2.25. The number of esters is 1. The maximum absolute atomic E-state index is 12.1. The van der Waals surface area contributed by atoms with Crippen LogP contribution in [0.15, 0.2) is 24.3 Å². The van der Waals surface area contributed by atoms with Crippen molar-refractivity contribution < 1.29 is 19.1 Å². The molecule has 1 amide bonds. The van der Waals surface area contributed by atoms with Crippen molar-refractivity contribution in [2.45, 2.75) is 33.6 Å². The number of benzene rings is 1. The second-order valence-corrected chi connectivity index (χ2v) is 9.09. The second-order valence-electron chi connectivity index (χ2n) is 6.84. The van der Waals surface area contributed by atoms with Gasteiger partial charge < -0.3 is 14.8 Å². The van der Waals surface area contributed by atoms with E-state index >= 15 is 0 Å². The van der Waals surface area contributed by atoms with E-state index in [0.717, 1.165) is 17.0 Å². The molecule has 7 heteroatoms. The molecule has 0 fully saturated rings. The number of nitrogens with one attached hydrogen (secondary N) is 1. The van der Waals surface area contributed by atoms with Crippen molar-refractivity contribution in [2.75, 3.05) is 20.3 Å². The summed E-state index contributed by atoms with van der Waals surface area (Å²) in [5, 5.41) is 2.74. The number of thiophene rings is 1. The Morgan fingerprint density at radius 2 is 1.89 bits per heavy atom. The molecule has 1 atom stereocenters. The summed E-state index contributed by atoms with van der Waals surface area (Å²) in [5.41, 5.74) is 2.45. The summed E-state index contributed by atoms with van der Waals surface area (Å²) in [7, 11) is 1.33. The minimum absolute atomic E-state index is 0.158. The zero-order chi connectivity index (χ0) is 20.7. The van der Waals surface area contributed by atoms with Gasteiger partial charge >= 0.3 is 5.97 Å². The molecule has 1 heterocycles. The van der Waals surface area contributed by atoms with Crippen LogP contribution in [-0.2, 0) is 16.0 Å². The number of carbonyl (C=O) groups is 2. The monoisotopic (exact) mass is 515 g/mol. The van der Waals surface area contributed by atoms with Gasteiger partial charge in [0.25, 0.3) is 5.91 Å². The Hall–Kier alpha value is -1.61. The fourth-order valence-corrected chi connectivity index (χ4v) is 4.11. The lowest BCUT2D eigenvalue weighted by Gasteiger charge is -2.14. The first-order valence-corrected chi connectivity index (χ1v) is 11.0. The smallest absolute Gasteiger partial charge is 0.307 e. The van der Waals surface area contributed by atoms with E-state index in [-0.39, 0.29) is 24.8 Å². The molecule has 0 spiro atoms. The molecular formula is C21H26INO4S. The molecule has 0 saturated heterocycles. The van der Waals surface area contributed by atoms with Gasteiger partial charge in [-0.2, -0.15) is 0 Å². The fraction of sp³-hybridized carbons (Fsp3) is 0.429. The van der Waals surface area contributed by atoms with Crippen LogP contribution in [0.3, 0.4) is 0 Å². The number of aryl methyl sites for hydroxylation is 2. The Bertz CT molecular complexity index is 811. The second kappa shape index (κ2) is 10.8. The van der Waals surface area contributed by atoms with Gasteiger partial charge in [-0.3, -0.25) is 9.59 Å². The van der Waals surface area contributed by atoms with Crippen molar-refractivity contribution in [1.29, 1.82) is 0 Å². The number of hydrogen-bond donors (Lipinski definition) is 1. The number of methoxy groups -OCH3 is 1. The number of halogens is 1. The van der Waals surface area contributed by atoms with E-state index in [2.05, 4.69) is 65.5 Å². The molecule has 0 radical (unpaired) electrons. The van der Waals surface area contributed by atoms with Crippen LogP contribution in [0, 0.1) is 23.3 Å². The van der Waals surface area contributed by atoms with Crippen LogP contribution < -0.4 is 10.1 Å². The van der Waals surface area contributed by atoms with Crippen molar-refractivity contribution in [3.8, 4) is 5.75 Å². The average Bonchev–Trinajstić information content (AvgIpc) is 3.12. The van der Waals surface area contributed by atoms with Crippen molar-refractivity contribution in [1.82, 2.24) is 5.32 Å². The SMILES string of the molecule is COC(=O)CCNC(=O)c1ccc(CC(C)COc2cc(C)c(I)c(C)c2)s1. The number of amides is 1. The zero-order valence-corrected chi connectivity index (χ0v) is 19.6. The first-order valence-electron chi connectivity index (χ1n) is 9.13. The van der Waals surface area contributed by atoms with Gasteiger partial charge in [0.1, 0.15) is 5.75 Å². The van der Waals surface area contributed by atoms with Crippen LogP contribution in [0.25, 0.3) is 0 Å². The number of rotatable bonds is 9. The van der Waals surface area contributed by atoms with Gasteiger partial charge in [-0.25, -0.2) is 0 Å². The van der Waals surface area contributed by atoms with Crippen LogP contribution >= 0.6 is 33.9 Å². The Balaban J connectivity index is 1.82. The van der Waals surface area contributed by atoms with Gasteiger partial charge in [0.2, 0.25) is 0 Å². The van der Waals surface area contributed by atoms with Crippen molar-refractivity contribution in [3.63, 3.8) is 0 Å². The Morgan fingerprint density at radius 1 is 1.21 bits per heavy atom. The predicted octanol–water partition coefficient (Wildman–Crippen LogP) is 4.52. The quantitative estimate of drug-likeness (QED) is 0.394. The van der Waals surface area contributed by atoms with Gasteiger partial charge in [-0.1, -0.05) is 6.92 Å². The van der Waals surface area contributed by atoms with E-state index < -0.39 is 0 Å². The zero-order valence-electron chi connectivity index (χ0n) is 16.6. The summed E-state index contributed by atoms with van der Waals surface area (Å²) >= 11 is 3.83. The van der Waals surface area contributed by atoms with Crippen LogP contribution in [0.2, 0.25) is 0 Å². The molecule has 0 bridgehead atoms. The van der Waals surface area contributed by atoms with Gasteiger partial charge in [-0.05, 0) is 84.2 Å². The molecule has 2 rings (SSSR count). The number of hydrogen-bond acceptors (Lipinski definition) is 5. The first-order chi connectivity index (χ1) is 13.3. The third-order valence-corrected chi connectivity index (χ3v) is 7.03. The van der Waals surface area contributed by atoms with E-state index in [1.807, 2.05) is 12.1 Å². The molecule has 0 aliphatic rings. The lowest BCUT2D eigenvalue weighted by atomic mass is 10.1. The molecule has 5 nitrogen and oxygen atoms in total. The van der Waals surface area contributed by atoms with E-state index in [4.69, 9.17) is 4.74 Å². The molecule has 1 N–H and O–H groups in total. The fourth-order valence-electron chi connectivity index (χ4n) is 2.71. The maximum atomic E-state index is 12.1. The van der Waals surface area contributed by atoms with Crippen LogP contribution in [0.4, 0.5) is 0 Å². The van der Waals surface area contributed by atoms with Crippen molar-refractivity contribution in [3.05, 3.63) is 48.7 Å². The third-order valence-electron chi connectivity index (χ3n) is 4.22. The van der Waals surface area contributed by atoms with Crippen LogP contribution in [-0.4, -0.2) is 32.1 Å². The molecular weight excluding hydrogens is 489 g/mol. The van der Waals surface area contributed by atoms with Crippen LogP contribution in [0.5, 0.6) is 5.75 Å². The summed E-state index contributed by atoms with van der Waals surface area (Å²) < 4.78 is 11.8. The van der Waals surface area contributed by atoms with E-state index in [1.165, 1.54) is 33.1 Å². The highest BCUT2D eigenvalue weighted by atomic mass is 127. The van der Waals surface area contributed by atoms with Crippen molar-refractivity contribution >= 4 is 45.8 Å². The molecule has 0 aliphatic carbocycles. The van der Waals surface area contributed by atoms with E-state index in [1.54, 1.807) is 0 Å². The summed E-state index contributed by atoms with van der Waals surface area (Å²) in [5.74, 6) is 0.737. The number of ether oxygens (including phenoxy) is 2. The van der Waals surface area contributed by atoms with E-state index in [9.17, 15) is 9.59 Å². The van der Waals surface area contributed by atoms with E-state index in [0.29, 0.717) is 17.4 Å². The van der Waals surface area contributed by atoms with Gasteiger partial charge in [-0.15, -0.1) is 11.3 Å². The molecule has 1 aromatic carbocycles. The maximum Gasteiger partial charge on any atom is 0.307 e. The largest absolute Gasteiger partial charge is 0.493 e. The van der Waals surface area contributed by atoms with Gasteiger partial charge in [0, 0.05) is 15.0 Å². The Labute approximate surface area is 184 Å². The predicted molar refractivity (Wildman–Crippen MR) is 120 cm³/mol.